The molecule has 1 unspecified atom stereocenters. The van der Waals surface area contributed by atoms with Gasteiger partial charge in [0, 0.05) is 6.04 Å². The van der Waals surface area contributed by atoms with Crippen molar-refractivity contribution in [3.8, 4) is 0 Å². The van der Waals surface area contributed by atoms with E-state index in [0.717, 1.165) is 31.4 Å². The Balaban J connectivity index is 2.64. The summed E-state index contributed by atoms with van der Waals surface area (Å²) in [7, 11) is 0. The summed E-state index contributed by atoms with van der Waals surface area (Å²) >= 11 is 0. The highest BCUT2D eigenvalue weighted by Gasteiger charge is 2.15. The summed E-state index contributed by atoms with van der Waals surface area (Å²) in [6.07, 6.45) is 2.88. The minimum Gasteiger partial charge on any atom is -0.314 e. The van der Waals surface area contributed by atoms with Crippen LogP contribution in [-0.4, -0.2) is 12.6 Å². The van der Waals surface area contributed by atoms with Crippen LogP contribution in [0.1, 0.15) is 46.1 Å². The predicted molar refractivity (Wildman–Crippen MR) is 76.2 cm³/mol. The maximum Gasteiger partial charge on any atom is 0.159 e. The molecular weight excluding hydrogens is 244 g/mol. The van der Waals surface area contributed by atoms with Gasteiger partial charge in [-0.2, -0.15) is 0 Å². The van der Waals surface area contributed by atoms with Crippen molar-refractivity contribution < 1.29 is 8.78 Å². The van der Waals surface area contributed by atoms with Crippen molar-refractivity contribution in [2.24, 2.45) is 5.41 Å². The lowest BCUT2D eigenvalue weighted by molar-refractivity contribution is 0.330. The van der Waals surface area contributed by atoms with Crippen LogP contribution in [0.15, 0.2) is 18.2 Å². The van der Waals surface area contributed by atoms with Gasteiger partial charge in [-0.25, -0.2) is 8.78 Å². The number of likely N-dealkylation sites (N-methyl/N-ethyl adjacent to an activating group) is 1. The van der Waals surface area contributed by atoms with Gasteiger partial charge in [0.15, 0.2) is 11.6 Å². The van der Waals surface area contributed by atoms with Gasteiger partial charge in [-0.15, -0.1) is 0 Å². The third kappa shape index (κ3) is 6.15. The van der Waals surface area contributed by atoms with Gasteiger partial charge in [-0.1, -0.05) is 33.8 Å². The van der Waals surface area contributed by atoms with Crippen molar-refractivity contribution in [1.29, 1.82) is 0 Å². The highest BCUT2D eigenvalue weighted by molar-refractivity contribution is 5.18. The van der Waals surface area contributed by atoms with Gasteiger partial charge in [0.25, 0.3) is 0 Å². The van der Waals surface area contributed by atoms with Gasteiger partial charge in [-0.05, 0) is 48.9 Å². The van der Waals surface area contributed by atoms with Crippen LogP contribution in [0.4, 0.5) is 8.78 Å². The molecule has 0 saturated heterocycles. The third-order valence-corrected chi connectivity index (χ3v) is 3.20. The minimum absolute atomic E-state index is 0.293. The molecule has 0 aliphatic carbocycles. The van der Waals surface area contributed by atoms with E-state index in [-0.39, 0.29) is 0 Å². The lowest BCUT2D eigenvalue weighted by Crippen LogP contribution is -2.32. The largest absolute Gasteiger partial charge is 0.314 e. The Morgan fingerprint density at radius 3 is 2.37 bits per heavy atom. The predicted octanol–water partition coefficient (Wildman–Crippen LogP) is 4.31. The summed E-state index contributed by atoms with van der Waals surface area (Å²) in [5.41, 5.74) is 1.14. The molecule has 1 nitrogen and oxygen atoms in total. The van der Waals surface area contributed by atoms with Gasteiger partial charge in [0.1, 0.15) is 0 Å². The highest BCUT2D eigenvalue weighted by Crippen LogP contribution is 2.23. The molecule has 0 saturated carbocycles. The monoisotopic (exact) mass is 269 g/mol. The van der Waals surface area contributed by atoms with Crippen LogP contribution in [-0.2, 0) is 6.42 Å². The number of nitrogens with one attached hydrogen (secondary N) is 1. The van der Waals surface area contributed by atoms with E-state index in [1.54, 1.807) is 6.07 Å². The fourth-order valence-electron chi connectivity index (χ4n) is 2.12. The second-order valence-electron chi connectivity index (χ2n) is 6.31. The second kappa shape index (κ2) is 6.99. The Morgan fingerprint density at radius 1 is 1.16 bits per heavy atom. The Kier molecular flexibility index (Phi) is 5.92. The van der Waals surface area contributed by atoms with Gasteiger partial charge in [0.2, 0.25) is 0 Å². The van der Waals surface area contributed by atoms with Crippen LogP contribution >= 0.6 is 0 Å². The molecule has 0 spiro atoms. The smallest absolute Gasteiger partial charge is 0.159 e. The van der Waals surface area contributed by atoms with E-state index in [4.69, 9.17) is 0 Å². The van der Waals surface area contributed by atoms with Crippen LogP contribution in [0.2, 0.25) is 0 Å². The summed E-state index contributed by atoms with van der Waals surface area (Å²) in [5, 5.41) is 3.42. The summed E-state index contributed by atoms with van der Waals surface area (Å²) in [6.45, 7) is 9.60. The van der Waals surface area contributed by atoms with Crippen molar-refractivity contribution in [3.63, 3.8) is 0 Å². The maximum absolute atomic E-state index is 13.2. The van der Waals surface area contributed by atoms with E-state index in [2.05, 4.69) is 33.0 Å². The van der Waals surface area contributed by atoms with Crippen molar-refractivity contribution in [2.45, 2.75) is 53.0 Å². The third-order valence-electron chi connectivity index (χ3n) is 3.20. The number of benzene rings is 1. The molecule has 19 heavy (non-hydrogen) atoms. The summed E-state index contributed by atoms with van der Waals surface area (Å²) in [6, 6.07) is 4.49. The molecule has 0 fully saturated rings. The SMILES string of the molecule is CCNC(CCC(C)(C)C)Cc1ccc(F)c(F)c1. The molecule has 1 atom stereocenters. The molecule has 0 bridgehead atoms. The average Bonchev–Trinajstić information content (AvgIpc) is 2.30. The van der Waals surface area contributed by atoms with E-state index in [9.17, 15) is 8.78 Å². The van der Waals surface area contributed by atoms with Crippen LogP contribution < -0.4 is 5.32 Å². The summed E-state index contributed by atoms with van der Waals surface area (Å²) in [4.78, 5) is 0. The number of halogens is 2. The molecule has 1 aromatic rings. The zero-order chi connectivity index (χ0) is 14.5. The lowest BCUT2D eigenvalue weighted by atomic mass is 9.87. The summed E-state index contributed by atoms with van der Waals surface area (Å²) < 4.78 is 26.1. The first kappa shape index (κ1) is 16.1. The normalized spacial score (nSPS) is 13.6. The molecule has 1 N–H and O–H groups in total. The first-order valence-electron chi connectivity index (χ1n) is 6.99. The summed E-state index contributed by atoms with van der Waals surface area (Å²) in [5.74, 6) is -1.54. The van der Waals surface area contributed by atoms with E-state index in [0.29, 0.717) is 11.5 Å². The molecule has 0 heterocycles. The molecule has 0 radical (unpaired) electrons. The van der Waals surface area contributed by atoms with Crippen LogP contribution in [0.3, 0.4) is 0 Å². The van der Waals surface area contributed by atoms with E-state index >= 15 is 0 Å². The lowest BCUT2D eigenvalue weighted by Gasteiger charge is -2.24. The quantitative estimate of drug-likeness (QED) is 0.811. The number of hydrogen-bond donors (Lipinski definition) is 1. The molecule has 1 aromatic carbocycles. The Bertz CT molecular complexity index is 396. The highest BCUT2D eigenvalue weighted by atomic mass is 19.2. The second-order valence-corrected chi connectivity index (χ2v) is 6.31. The molecule has 0 aromatic heterocycles. The fourth-order valence-corrected chi connectivity index (χ4v) is 2.12. The van der Waals surface area contributed by atoms with Gasteiger partial charge >= 0.3 is 0 Å². The molecule has 1 rings (SSSR count). The van der Waals surface area contributed by atoms with Crippen LogP contribution in [0.5, 0.6) is 0 Å². The molecule has 0 aliphatic heterocycles. The average molecular weight is 269 g/mol. The van der Waals surface area contributed by atoms with Crippen LogP contribution in [0.25, 0.3) is 0 Å². The molecule has 108 valence electrons. The maximum atomic E-state index is 13.2. The van der Waals surface area contributed by atoms with E-state index in [1.807, 2.05) is 0 Å². The fraction of sp³-hybridized carbons (Fsp3) is 0.625. The number of rotatable bonds is 6. The van der Waals surface area contributed by atoms with Crippen molar-refractivity contribution in [1.82, 2.24) is 5.32 Å². The van der Waals surface area contributed by atoms with Gasteiger partial charge < -0.3 is 5.32 Å². The van der Waals surface area contributed by atoms with Gasteiger partial charge in [0.05, 0.1) is 0 Å². The van der Waals surface area contributed by atoms with E-state index in [1.165, 1.54) is 12.1 Å². The minimum atomic E-state index is -0.779. The molecule has 3 heteroatoms. The van der Waals surface area contributed by atoms with E-state index < -0.39 is 11.6 Å². The van der Waals surface area contributed by atoms with Crippen molar-refractivity contribution >= 4 is 0 Å². The van der Waals surface area contributed by atoms with Gasteiger partial charge in [-0.3, -0.25) is 0 Å². The van der Waals surface area contributed by atoms with Crippen molar-refractivity contribution in [2.75, 3.05) is 6.54 Å². The standard InChI is InChI=1S/C16H25F2N/c1-5-19-13(8-9-16(2,3)4)10-12-6-7-14(17)15(18)11-12/h6-7,11,13,19H,5,8-10H2,1-4H3. The topological polar surface area (TPSA) is 12.0 Å². The Labute approximate surface area is 115 Å². The first-order valence-corrected chi connectivity index (χ1v) is 6.99. The first-order chi connectivity index (χ1) is 8.81. The molecule has 0 aliphatic rings. The molecule has 0 amide bonds. The Hall–Kier alpha value is -0.960. The zero-order valence-corrected chi connectivity index (χ0v) is 12.4. The van der Waals surface area contributed by atoms with Crippen molar-refractivity contribution in [3.05, 3.63) is 35.4 Å². The Morgan fingerprint density at radius 2 is 1.84 bits per heavy atom. The van der Waals surface area contributed by atoms with Crippen LogP contribution in [0, 0.1) is 17.0 Å². The zero-order valence-electron chi connectivity index (χ0n) is 12.4. The number of hydrogen-bond acceptors (Lipinski definition) is 1. The molecular formula is C16H25F2N.